The zero-order valence-electron chi connectivity index (χ0n) is 16.5. The predicted octanol–water partition coefficient (Wildman–Crippen LogP) is 1.46. The van der Waals surface area contributed by atoms with Gasteiger partial charge in [-0.05, 0) is 55.9 Å². The summed E-state index contributed by atoms with van der Waals surface area (Å²) in [5, 5.41) is 5.36. The second-order valence-electron chi connectivity index (χ2n) is 6.76. The number of nitrogens with two attached hydrogens (primary N) is 2. The van der Waals surface area contributed by atoms with Gasteiger partial charge in [0, 0.05) is 27.0 Å². The van der Waals surface area contributed by atoms with E-state index < -0.39 is 17.7 Å². The van der Waals surface area contributed by atoms with Crippen LogP contribution in [0.25, 0.3) is 0 Å². The molecule has 10 heteroatoms. The molecule has 0 heterocycles. The van der Waals surface area contributed by atoms with Gasteiger partial charge in [-0.25, -0.2) is 0 Å². The molecule has 0 saturated carbocycles. The standard InChI is InChI=1S/C20H22BrN5O4/c1-11-5-14(21)3-4-16(11)25-18(28)10-26(2)9-17(27)24-15-7-12(19(22)29)6-13(8-15)20(23)30/h3-8H,9-10H2,1-2H3,(H2,22,29)(H2,23,30)(H,24,27)(H,25,28). The number of primary amides is 2. The Morgan fingerprint density at radius 1 is 0.900 bits per heavy atom. The Morgan fingerprint density at radius 3 is 1.93 bits per heavy atom. The first kappa shape index (κ1) is 23.0. The molecule has 4 amide bonds. The van der Waals surface area contributed by atoms with E-state index in [1.165, 1.54) is 23.1 Å². The Kier molecular flexibility index (Phi) is 7.67. The summed E-state index contributed by atoms with van der Waals surface area (Å²) in [6, 6.07) is 9.42. The summed E-state index contributed by atoms with van der Waals surface area (Å²) in [5.74, 6) is -2.24. The molecule has 30 heavy (non-hydrogen) atoms. The fourth-order valence-electron chi connectivity index (χ4n) is 2.69. The van der Waals surface area contributed by atoms with Crippen LogP contribution < -0.4 is 22.1 Å². The number of rotatable bonds is 8. The fraction of sp³-hybridized carbons (Fsp3) is 0.200. The minimum absolute atomic E-state index is 0.0171. The van der Waals surface area contributed by atoms with Gasteiger partial charge in [0.15, 0.2) is 0 Å². The Balaban J connectivity index is 1.96. The highest BCUT2D eigenvalue weighted by molar-refractivity contribution is 9.10. The number of hydrogen-bond acceptors (Lipinski definition) is 5. The van der Waals surface area contributed by atoms with E-state index in [0.717, 1.165) is 10.0 Å². The van der Waals surface area contributed by atoms with Crippen LogP contribution in [0.1, 0.15) is 26.3 Å². The van der Waals surface area contributed by atoms with Crippen LogP contribution in [0.5, 0.6) is 0 Å². The molecule has 2 aromatic rings. The van der Waals surface area contributed by atoms with E-state index >= 15 is 0 Å². The minimum atomic E-state index is -0.759. The highest BCUT2D eigenvalue weighted by Crippen LogP contribution is 2.20. The molecule has 0 aliphatic rings. The molecule has 0 saturated heterocycles. The topological polar surface area (TPSA) is 148 Å². The lowest BCUT2D eigenvalue weighted by Gasteiger charge is -2.17. The third kappa shape index (κ3) is 6.68. The maximum Gasteiger partial charge on any atom is 0.248 e. The van der Waals surface area contributed by atoms with Crippen LogP contribution in [0.2, 0.25) is 0 Å². The number of carbonyl (C=O) groups excluding carboxylic acids is 4. The van der Waals surface area contributed by atoms with Crippen molar-refractivity contribution in [2.45, 2.75) is 6.92 Å². The Hall–Kier alpha value is -3.24. The Bertz CT molecular complexity index is 976. The Labute approximate surface area is 181 Å². The molecule has 0 radical (unpaired) electrons. The summed E-state index contributed by atoms with van der Waals surface area (Å²) in [7, 11) is 1.61. The number of aryl methyl sites for hydroxylation is 1. The smallest absolute Gasteiger partial charge is 0.248 e. The predicted molar refractivity (Wildman–Crippen MR) is 117 cm³/mol. The summed E-state index contributed by atoms with van der Waals surface area (Å²) < 4.78 is 0.909. The lowest BCUT2D eigenvalue weighted by Crippen LogP contribution is -2.36. The molecule has 6 N–H and O–H groups in total. The molecule has 0 bridgehead atoms. The van der Waals surface area contributed by atoms with E-state index in [0.29, 0.717) is 5.69 Å². The van der Waals surface area contributed by atoms with Gasteiger partial charge in [-0.3, -0.25) is 24.1 Å². The van der Waals surface area contributed by atoms with Crippen LogP contribution in [0.15, 0.2) is 40.9 Å². The number of hydrogen-bond donors (Lipinski definition) is 4. The fourth-order valence-corrected chi connectivity index (χ4v) is 3.16. The van der Waals surface area contributed by atoms with E-state index in [1.54, 1.807) is 13.1 Å². The molecule has 0 fully saturated rings. The number of benzene rings is 2. The highest BCUT2D eigenvalue weighted by Gasteiger charge is 2.14. The highest BCUT2D eigenvalue weighted by atomic mass is 79.9. The lowest BCUT2D eigenvalue weighted by molar-refractivity contribution is -0.119. The first-order valence-corrected chi connectivity index (χ1v) is 9.63. The molecule has 2 rings (SSSR count). The van der Waals surface area contributed by atoms with Gasteiger partial charge in [0.05, 0.1) is 13.1 Å². The number of carbonyl (C=O) groups is 4. The number of likely N-dealkylation sites (N-methyl/N-ethyl adjacent to an activating group) is 1. The average Bonchev–Trinajstić information content (AvgIpc) is 2.63. The maximum atomic E-state index is 12.3. The second kappa shape index (κ2) is 9.99. The summed E-state index contributed by atoms with van der Waals surface area (Å²) in [4.78, 5) is 48.9. The van der Waals surface area contributed by atoms with E-state index in [9.17, 15) is 19.2 Å². The van der Waals surface area contributed by atoms with Crippen molar-refractivity contribution >= 4 is 50.9 Å². The first-order valence-electron chi connectivity index (χ1n) is 8.84. The lowest BCUT2D eigenvalue weighted by atomic mass is 10.1. The van der Waals surface area contributed by atoms with Crippen LogP contribution in [0.4, 0.5) is 11.4 Å². The Morgan fingerprint density at radius 2 is 1.43 bits per heavy atom. The van der Waals surface area contributed by atoms with Gasteiger partial charge in [0.1, 0.15) is 0 Å². The summed E-state index contributed by atoms with van der Waals surface area (Å²) in [5.41, 5.74) is 12.4. The van der Waals surface area contributed by atoms with E-state index in [4.69, 9.17) is 11.5 Å². The molecule has 158 valence electrons. The molecule has 0 atom stereocenters. The van der Waals surface area contributed by atoms with Gasteiger partial charge in [0.25, 0.3) is 0 Å². The average molecular weight is 476 g/mol. The van der Waals surface area contributed by atoms with Crippen LogP contribution in [-0.2, 0) is 9.59 Å². The summed E-state index contributed by atoms with van der Waals surface area (Å²) >= 11 is 3.37. The number of halogens is 1. The second-order valence-corrected chi connectivity index (χ2v) is 7.67. The van der Waals surface area contributed by atoms with Crippen molar-refractivity contribution in [3.8, 4) is 0 Å². The number of nitrogens with zero attached hydrogens (tertiary/aromatic N) is 1. The third-order valence-corrected chi connectivity index (χ3v) is 4.57. The van der Waals surface area contributed by atoms with Crippen molar-refractivity contribution in [2.75, 3.05) is 30.8 Å². The molecular weight excluding hydrogens is 454 g/mol. The molecule has 0 spiro atoms. The monoisotopic (exact) mass is 475 g/mol. The van der Waals surface area contributed by atoms with Crippen molar-refractivity contribution in [1.82, 2.24) is 4.90 Å². The molecular formula is C20H22BrN5O4. The van der Waals surface area contributed by atoms with E-state index in [-0.39, 0.29) is 35.8 Å². The van der Waals surface area contributed by atoms with E-state index in [2.05, 4.69) is 26.6 Å². The van der Waals surface area contributed by atoms with Crippen molar-refractivity contribution in [2.24, 2.45) is 11.5 Å². The van der Waals surface area contributed by atoms with Gasteiger partial charge in [-0.1, -0.05) is 15.9 Å². The number of amides is 4. The summed E-state index contributed by atoms with van der Waals surface area (Å²) in [6.45, 7) is 1.76. The van der Waals surface area contributed by atoms with Crippen molar-refractivity contribution < 1.29 is 19.2 Å². The summed E-state index contributed by atoms with van der Waals surface area (Å²) in [6.07, 6.45) is 0. The zero-order chi connectivity index (χ0) is 22.4. The minimum Gasteiger partial charge on any atom is -0.366 e. The number of nitrogens with one attached hydrogen (secondary N) is 2. The molecule has 2 aromatic carbocycles. The quantitative estimate of drug-likeness (QED) is 0.456. The molecule has 9 nitrogen and oxygen atoms in total. The molecule has 0 aliphatic carbocycles. The largest absolute Gasteiger partial charge is 0.366 e. The van der Waals surface area contributed by atoms with Gasteiger partial charge in [-0.15, -0.1) is 0 Å². The van der Waals surface area contributed by atoms with Crippen molar-refractivity contribution in [3.05, 3.63) is 57.6 Å². The molecule has 0 aliphatic heterocycles. The first-order chi connectivity index (χ1) is 14.0. The van der Waals surface area contributed by atoms with Crippen molar-refractivity contribution in [1.29, 1.82) is 0 Å². The zero-order valence-corrected chi connectivity index (χ0v) is 18.1. The van der Waals surface area contributed by atoms with Crippen LogP contribution in [-0.4, -0.2) is 48.7 Å². The van der Waals surface area contributed by atoms with Gasteiger partial charge < -0.3 is 22.1 Å². The van der Waals surface area contributed by atoms with Crippen LogP contribution in [0.3, 0.4) is 0 Å². The van der Waals surface area contributed by atoms with Crippen LogP contribution in [0, 0.1) is 6.92 Å². The normalized spacial score (nSPS) is 10.5. The van der Waals surface area contributed by atoms with Crippen LogP contribution >= 0.6 is 15.9 Å². The molecule has 0 unspecified atom stereocenters. The SMILES string of the molecule is Cc1cc(Br)ccc1NC(=O)CN(C)CC(=O)Nc1cc(C(N)=O)cc(C(N)=O)c1. The van der Waals surface area contributed by atoms with Gasteiger partial charge >= 0.3 is 0 Å². The molecule has 0 aromatic heterocycles. The third-order valence-electron chi connectivity index (χ3n) is 4.08. The van der Waals surface area contributed by atoms with E-state index in [1.807, 2.05) is 19.1 Å². The van der Waals surface area contributed by atoms with Gasteiger partial charge in [-0.2, -0.15) is 0 Å². The number of anilines is 2. The van der Waals surface area contributed by atoms with Gasteiger partial charge in [0.2, 0.25) is 23.6 Å². The maximum absolute atomic E-state index is 12.3. The van der Waals surface area contributed by atoms with Crippen molar-refractivity contribution in [3.63, 3.8) is 0 Å².